The van der Waals surface area contributed by atoms with Gasteiger partial charge >= 0.3 is 26.2 Å². The van der Waals surface area contributed by atoms with Crippen LogP contribution in [0.5, 0.6) is 0 Å². The van der Waals surface area contributed by atoms with Gasteiger partial charge in [0.25, 0.3) is 0 Å². The fraction of sp³-hybridized carbons (Fsp3) is 0.500. The van der Waals surface area contributed by atoms with Crippen LogP contribution in [0.3, 0.4) is 0 Å². The Balaban J connectivity index is 0.000000602. The number of allylic oxidation sites excluding steroid dienone is 10. The Bertz CT molecular complexity index is 844. The second-order valence-corrected chi connectivity index (χ2v) is 22.0. The molecule has 0 bridgehead atoms. The third-order valence-corrected chi connectivity index (χ3v) is 6.58. The van der Waals surface area contributed by atoms with E-state index in [2.05, 4.69) is 139 Å². The van der Waals surface area contributed by atoms with Gasteiger partial charge in [-0.15, -0.1) is 23.3 Å². The normalized spacial score (nSPS) is 15.4. The van der Waals surface area contributed by atoms with Crippen molar-refractivity contribution in [3.05, 3.63) is 82.6 Å². The monoisotopic (exact) mass is 554 g/mol. The summed E-state index contributed by atoms with van der Waals surface area (Å²) in [7, 11) is -2.45. The Morgan fingerprint density at radius 1 is 0.667 bits per heavy atom. The minimum absolute atomic E-state index is 0. The van der Waals surface area contributed by atoms with E-state index in [1.54, 1.807) is 0 Å². The van der Waals surface area contributed by atoms with Crippen molar-refractivity contribution >= 4 is 16.5 Å². The molecular formula is C28H44N2Si2Zr. The summed E-state index contributed by atoms with van der Waals surface area (Å²) >= 11 is 0. The average molecular weight is 556 g/mol. The fourth-order valence-corrected chi connectivity index (χ4v) is 3.49. The van der Waals surface area contributed by atoms with E-state index in [4.69, 9.17) is 0 Å². The predicted molar refractivity (Wildman–Crippen MR) is 147 cm³/mol. The zero-order valence-electron chi connectivity index (χ0n) is 23.0. The summed E-state index contributed by atoms with van der Waals surface area (Å²) in [5.74, 6) is 0. The smallest absolute Gasteiger partial charge is 0.419 e. The Morgan fingerprint density at radius 2 is 0.970 bits per heavy atom. The van der Waals surface area contributed by atoms with E-state index in [0.29, 0.717) is 0 Å². The van der Waals surface area contributed by atoms with Gasteiger partial charge in [0.2, 0.25) is 0 Å². The molecule has 2 rings (SSSR count). The summed E-state index contributed by atoms with van der Waals surface area (Å²) in [6, 6.07) is 0. The number of nitrogens with one attached hydrogen (secondary N) is 2. The van der Waals surface area contributed by atoms with E-state index in [1.165, 1.54) is 11.1 Å². The van der Waals surface area contributed by atoms with E-state index in [1.807, 2.05) is 12.4 Å². The standard InChI is InChI=1S/2C14H22NSi.Zr/c2*1-14(2,3)13-8-7-12(11-13)9-10-15-16(4,5)6;/h2*8,10-11,15H,1-6H3;/q2*-1;+2. The van der Waals surface area contributed by atoms with Crippen LogP contribution in [0, 0.1) is 23.0 Å². The predicted octanol–water partition coefficient (Wildman–Crippen LogP) is 7.59. The molecule has 0 heterocycles. The van der Waals surface area contributed by atoms with Crippen LogP contribution in [-0.4, -0.2) is 16.5 Å². The Morgan fingerprint density at radius 3 is 1.18 bits per heavy atom. The van der Waals surface area contributed by atoms with E-state index in [9.17, 15) is 0 Å². The average Bonchev–Trinajstić information content (AvgIpc) is 3.21. The summed E-state index contributed by atoms with van der Waals surface area (Å²) < 4.78 is 0. The van der Waals surface area contributed by atoms with Gasteiger partial charge in [0.1, 0.15) is 16.5 Å². The van der Waals surface area contributed by atoms with Crippen LogP contribution in [0.4, 0.5) is 0 Å². The van der Waals surface area contributed by atoms with Crippen molar-refractivity contribution in [1.29, 1.82) is 0 Å². The van der Waals surface area contributed by atoms with Crippen molar-refractivity contribution in [2.75, 3.05) is 0 Å². The molecule has 0 atom stereocenters. The van der Waals surface area contributed by atoms with Gasteiger partial charge in [-0.05, 0) is 12.4 Å². The van der Waals surface area contributed by atoms with Gasteiger partial charge in [0.15, 0.2) is 0 Å². The SMILES string of the molecule is CC(C)(C)C1=CC(=C=CN[Si](C)(C)C)[C-]=C1.CC(C)(C)C1=CC(=C=CN[Si](C)(C)C)[C-]=C1.[Zr+2]. The van der Waals surface area contributed by atoms with E-state index in [0.717, 1.165) is 11.1 Å². The van der Waals surface area contributed by atoms with Crippen LogP contribution in [-0.2, 0) is 26.2 Å². The van der Waals surface area contributed by atoms with Crippen LogP contribution in [0.25, 0.3) is 0 Å². The fourth-order valence-electron chi connectivity index (χ4n) is 2.48. The maximum Gasteiger partial charge on any atom is 2.00 e. The second kappa shape index (κ2) is 12.6. The molecule has 0 spiro atoms. The first kappa shape index (κ1) is 31.9. The molecule has 0 aliphatic heterocycles. The quantitative estimate of drug-likeness (QED) is 0.212. The molecule has 0 saturated carbocycles. The summed E-state index contributed by atoms with van der Waals surface area (Å²) in [5.41, 5.74) is 11.6. The molecule has 0 unspecified atom stereocenters. The maximum atomic E-state index is 3.40. The van der Waals surface area contributed by atoms with Gasteiger partial charge in [-0.25, -0.2) is 11.5 Å². The van der Waals surface area contributed by atoms with Gasteiger partial charge in [-0.2, -0.15) is 35.5 Å². The van der Waals surface area contributed by atoms with Crippen molar-refractivity contribution < 1.29 is 26.2 Å². The van der Waals surface area contributed by atoms with Crippen molar-refractivity contribution in [3.63, 3.8) is 0 Å². The van der Waals surface area contributed by atoms with Crippen molar-refractivity contribution in [2.45, 2.75) is 80.8 Å². The van der Waals surface area contributed by atoms with Gasteiger partial charge in [-0.1, -0.05) is 91.7 Å². The molecule has 2 aliphatic carbocycles. The van der Waals surface area contributed by atoms with Crippen molar-refractivity contribution in [1.82, 2.24) is 9.96 Å². The summed E-state index contributed by atoms with van der Waals surface area (Å²) in [6.07, 6.45) is 18.8. The molecule has 0 amide bonds. The first-order valence-electron chi connectivity index (χ1n) is 11.5. The van der Waals surface area contributed by atoms with Crippen LogP contribution in [0.2, 0.25) is 39.3 Å². The number of hydrogen-bond acceptors (Lipinski definition) is 2. The molecule has 0 saturated heterocycles. The van der Waals surface area contributed by atoms with E-state index < -0.39 is 16.5 Å². The second-order valence-electron chi connectivity index (χ2n) is 12.5. The molecule has 2 aliphatic rings. The number of hydrogen-bond donors (Lipinski definition) is 2. The van der Waals surface area contributed by atoms with Gasteiger partial charge in [0.05, 0.1) is 0 Å². The van der Waals surface area contributed by atoms with Crippen LogP contribution < -0.4 is 9.96 Å². The molecular weight excluding hydrogens is 512 g/mol. The zero-order chi connectivity index (χ0) is 24.8. The summed E-state index contributed by atoms with van der Waals surface area (Å²) in [4.78, 5) is 6.80. The summed E-state index contributed by atoms with van der Waals surface area (Å²) in [5, 5.41) is 0. The molecule has 0 aromatic carbocycles. The van der Waals surface area contributed by atoms with E-state index >= 15 is 0 Å². The minimum Gasteiger partial charge on any atom is -0.419 e. The summed E-state index contributed by atoms with van der Waals surface area (Å²) in [6.45, 7) is 26.9. The molecule has 33 heavy (non-hydrogen) atoms. The Hall–Kier alpha value is -1.08. The van der Waals surface area contributed by atoms with Gasteiger partial charge in [-0.3, -0.25) is 0 Å². The van der Waals surface area contributed by atoms with Gasteiger partial charge < -0.3 is 9.96 Å². The largest absolute Gasteiger partial charge is 2.00 e. The molecule has 2 nitrogen and oxygen atoms in total. The third-order valence-electron chi connectivity index (χ3n) is 4.56. The van der Waals surface area contributed by atoms with Crippen molar-refractivity contribution in [3.8, 4) is 0 Å². The topological polar surface area (TPSA) is 24.1 Å². The van der Waals surface area contributed by atoms with Crippen LogP contribution in [0.1, 0.15) is 41.5 Å². The van der Waals surface area contributed by atoms with E-state index in [-0.39, 0.29) is 37.0 Å². The molecule has 0 fully saturated rings. The van der Waals surface area contributed by atoms with Crippen molar-refractivity contribution in [2.24, 2.45) is 10.8 Å². The molecule has 0 aromatic rings. The molecule has 5 heteroatoms. The molecule has 0 aromatic heterocycles. The molecule has 178 valence electrons. The first-order chi connectivity index (χ1) is 14.4. The first-order valence-corrected chi connectivity index (χ1v) is 18.5. The maximum absolute atomic E-state index is 3.40. The minimum atomic E-state index is -1.22. The molecule has 2 N–H and O–H groups in total. The number of rotatable bonds is 4. The Labute approximate surface area is 225 Å². The third kappa shape index (κ3) is 14.0. The zero-order valence-corrected chi connectivity index (χ0v) is 27.4. The molecule has 0 radical (unpaired) electrons. The van der Waals surface area contributed by atoms with Crippen LogP contribution >= 0.6 is 0 Å². The Kier molecular flexibility index (Phi) is 12.2. The van der Waals surface area contributed by atoms with Gasteiger partial charge in [0, 0.05) is 0 Å². The van der Waals surface area contributed by atoms with Crippen LogP contribution in [0.15, 0.2) is 70.5 Å².